The molecule has 2 aromatic rings. The number of hydrogen-bond acceptors (Lipinski definition) is 4. The lowest BCUT2D eigenvalue weighted by Crippen LogP contribution is -2.20. The summed E-state index contributed by atoms with van der Waals surface area (Å²) in [5.74, 6) is 0. The zero-order valence-corrected chi connectivity index (χ0v) is 11.9. The van der Waals surface area contributed by atoms with E-state index >= 15 is 0 Å². The van der Waals surface area contributed by atoms with E-state index in [2.05, 4.69) is 28.2 Å². The molecule has 0 aromatic carbocycles. The van der Waals surface area contributed by atoms with Crippen molar-refractivity contribution in [1.29, 1.82) is 0 Å². The van der Waals surface area contributed by atoms with Gasteiger partial charge in [0.1, 0.15) is 6.61 Å². The Morgan fingerprint density at radius 1 is 1.32 bits per heavy atom. The van der Waals surface area contributed by atoms with E-state index in [0.29, 0.717) is 13.2 Å². The van der Waals surface area contributed by atoms with Crippen LogP contribution in [0.2, 0.25) is 0 Å². The molecule has 0 atom stereocenters. The predicted molar refractivity (Wildman–Crippen MR) is 76.2 cm³/mol. The molecule has 2 aromatic heterocycles. The second kappa shape index (κ2) is 7.69. The van der Waals surface area contributed by atoms with Crippen LogP contribution in [-0.4, -0.2) is 26.2 Å². The van der Waals surface area contributed by atoms with Crippen LogP contribution in [0.3, 0.4) is 0 Å². The first-order valence-corrected chi connectivity index (χ1v) is 7.69. The first kappa shape index (κ1) is 14.6. The molecule has 0 amide bonds. The van der Waals surface area contributed by atoms with Gasteiger partial charge < -0.3 is 10.1 Å². The van der Waals surface area contributed by atoms with Gasteiger partial charge in [-0.2, -0.15) is 0 Å². The summed E-state index contributed by atoms with van der Waals surface area (Å²) in [7, 11) is 0. The third kappa shape index (κ3) is 4.99. The summed E-state index contributed by atoms with van der Waals surface area (Å²) >= 11 is 3.42. The fourth-order valence-electron chi connectivity index (χ4n) is 1.57. The molecule has 0 aliphatic heterocycles. The lowest BCUT2D eigenvalue weighted by atomic mass is 10.2. The topological polar surface area (TPSA) is 21.3 Å². The minimum Gasteiger partial charge on any atom is -0.374 e. The molecule has 1 N–H and O–H groups in total. The number of thiophene rings is 2. The molecule has 104 valence electrons. The van der Waals surface area contributed by atoms with Gasteiger partial charge in [0, 0.05) is 28.4 Å². The molecule has 0 aliphatic carbocycles. The van der Waals surface area contributed by atoms with Crippen LogP contribution in [0.4, 0.5) is 8.78 Å². The van der Waals surface area contributed by atoms with Gasteiger partial charge in [0.2, 0.25) is 0 Å². The normalized spacial score (nSPS) is 11.3. The van der Waals surface area contributed by atoms with Crippen LogP contribution in [0.5, 0.6) is 0 Å². The molecule has 2 rings (SSSR count). The fourth-order valence-corrected chi connectivity index (χ4v) is 3.22. The van der Waals surface area contributed by atoms with Crippen LogP contribution in [-0.2, 0) is 11.3 Å². The number of rotatable bonds is 8. The zero-order valence-electron chi connectivity index (χ0n) is 10.3. The number of ether oxygens (including phenoxy) is 1. The monoisotopic (exact) mass is 303 g/mol. The quantitative estimate of drug-likeness (QED) is 0.748. The molecular formula is C13H15F2NOS2. The van der Waals surface area contributed by atoms with Crippen molar-refractivity contribution in [3.05, 3.63) is 33.8 Å². The Kier molecular flexibility index (Phi) is 5.91. The Bertz CT molecular complexity index is 471. The maximum absolute atomic E-state index is 11.8. The first-order chi connectivity index (χ1) is 9.25. The van der Waals surface area contributed by atoms with Gasteiger partial charge in [-0.25, -0.2) is 8.78 Å². The molecule has 0 radical (unpaired) electrons. The summed E-state index contributed by atoms with van der Waals surface area (Å²) in [5, 5.41) is 7.37. The first-order valence-electron chi connectivity index (χ1n) is 5.93. The van der Waals surface area contributed by atoms with Gasteiger partial charge in [0.25, 0.3) is 6.43 Å². The molecule has 0 saturated heterocycles. The summed E-state index contributed by atoms with van der Waals surface area (Å²) < 4.78 is 28.4. The van der Waals surface area contributed by atoms with Crippen molar-refractivity contribution >= 4 is 22.7 Å². The molecule has 2 heterocycles. The minimum absolute atomic E-state index is 0.313. The van der Waals surface area contributed by atoms with Crippen LogP contribution >= 0.6 is 22.7 Å². The van der Waals surface area contributed by atoms with Crippen molar-refractivity contribution in [2.75, 3.05) is 19.8 Å². The average Bonchev–Trinajstić information content (AvgIpc) is 3.03. The second-order valence-corrected chi connectivity index (χ2v) is 5.87. The Balaban J connectivity index is 1.67. The molecule has 2 nitrogen and oxygen atoms in total. The largest absolute Gasteiger partial charge is 0.374 e. The Morgan fingerprint density at radius 3 is 2.95 bits per heavy atom. The highest BCUT2D eigenvalue weighted by molar-refractivity contribution is 7.14. The van der Waals surface area contributed by atoms with Gasteiger partial charge in [0.05, 0.1) is 6.61 Å². The fraction of sp³-hybridized carbons (Fsp3) is 0.385. The molecule has 0 spiro atoms. The van der Waals surface area contributed by atoms with Gasteiger partial charge in [0.15, 0.2) is 0 Å². The Hall–Kier alpha value is -0.820. The van der Waals surface area contributed by atoms with Crippen LogP contribution in [0, 0.1) is 0 Å². The minimum atomic E-state index is -2.38. The van der Waals surface area contributed by atoms with Crippen molar-refractivity contribution in [1.82, 2.24) is 5.32 Å². The van der Waals surface area contributed by atoms with Gasteiger partial charge >= 0.3 is 0 Å². The van der Waals surface area contributed by atoms with Crippen molar-refractivity contribution in [3.8, 4) is 10.4 Å². The summed E-state index contributed by atoms with van der Waals surface area (Å²) in [6, 6.07) is 6.29. The van der Waals surface area contributed by atoms with Gasteiger partial charge in [-0.15, -0.1) is 22.7 Å². The highest BCUT2D eigenvalue weighted by Crippen LogP contribution is 2.29. The van der Waals surface area contributed by atoms with Gasteiger partial charge in [-0.3, -0.25) is 0 Å². The number of alkyl halides is 2. The van der Waals surface area contributed by atoms with Crippen LogP contribution < -0.4 is 5.32 Å². The van der Waals surface area contributed by atoms with Crippen molar-refractivity contribution < 1.29 is 13.5 Å². The average molecular weight is 303 g/mol. The molecule has 0 bridgehead atoms. The summed E-state index contributed by atoms with van der Waals surface area (Å²) in [5.41, 5.74) is 1.24. The number of nitrogens with one attached hydrogen (secondary N) is 1. The van der Waals surface area contributed by atoms with Gasteiger partial charge in [-0.1, -0.05) is 6.07 Å². The third-order valence-corrected chi connectivity index (χ3v) is 4.28. The van der Waals surface area contributed by atoms with Gasteiger partial charge in [-0.05, 0) is 22.9 Å². The van der Waals surface area contributed by atoms with E-state index in [0.717, 1.165) is 6.54 Å². The molecule has 0 aliphatic rings. The van der Waals surface area contributed by atoms with E-state index < -0.39 is 13.0 Å². The number of hydrogen-bond donors (Lipinski definition) is 1. The van der Waals surface area contributed by atoms with E-state index in [4.69, 9.17) is 4.74 Å². The third-order valence-electron chi connectivity index (χ3n) is 2.43. The molecule has 0 saturated carbocycles. The second-order valence-electron chi connectivity index (χ2n) is 3.92. The smallest absolute Gasteiger partial charge is 0.261 e. The molecule has 19 heavy (non-hydrogen) atoms. The van der Waals surface area contributed by atoms with Crippen molar-refractivity contribution in [2.24, 2.45) is 0 Å². The summed E-state index contributed by atoms with van der Waals surface area (Å²) in [4.78, 5) is 2.50. The molecule has 6 heteroatoms. The van der Waals surface area contributed by atoms with Crippen LogP contribution in [0.15, 0.2) is 29.0 Å². The summed E-state index contributed by atoms with van der Waals surface area (Å²) in [6.45, 7) is 1.16. The standard InChI is InChI=1S/C13H15F2NOS2/c14-13(15)8-17-4-3-16-7-11-6-10(9-19-11)12-2-1-5-18-12/h1-2,5-6,9,13,16H,3-4,7-8H2. The zero-order chi connectivity index (χ0) is 13.5. The molecular weight excluding hydrogens is 288 g/mol. The molecule has 0 fully saturated rings. The van der Waals surface area contributed by atoms with Crippen molar-refractivity contribution in [2.45, 2.75) is 13.0 Å². The van der Waals surface area contributed by atoms with Crippen LogP contribution in [0.1, 0.15) is 4.88 Å². The predicted octanol–water partition coefficient (Wildman–Crippen LogP) is 3.85. The summed E-state index contributed by atoms with van der Waals surface area (Å²) in [6.07, 6.45) is -2.38. The van der Waals surface area contributed by atoms with E-state index in [1.54, 1.807) is 22.7 Å². The lowest BCUT2D eigenvalue weighted by Gasteiger charge is -2.04. The van der Waals surface area contributed by atoms with E-state index in [1.165, 1.54) is 15.3 Å². The van der Waals surface area contributed by atoms with E-state index in [1.807, 2.05) is 6.07 Å². The van der Waals surface area contributed by atoms with E-state index in [-0.39, 0.29) is 0 Å². The molecule has 0 unspecified atom stereocenters. The van der Waals surface area contributed by atoms with Crippen molar-refractivity contribution in [3.63, 3.8) is 0 Å². The van der Waals surface area contributed by atoms with Crippen LogP contribution in [0.25, 0.3) is 10.4 Å². The maximum Gasteiger partial charge on any atom is 0.261 e. The Labute approximate surface area is 119 Å². The lowest BCUT2D eigenvalue weighted by molar-refractivity contribution is 0.0187. The highest BCUT2D eigenvalue weighted by atomic mass is 32.1. The van der Waals surface area contributed by atoms with E-state index in [9.17, 15) is 8.78 Å². The Morgan fingerprint density at radius 2 is 2.21 bits per heavy atom. The SMILES string of the molecule is FC(F)COCCNCc1cc(-c2cccs2)cs1. The number of halogens is 2. The maximum atomic E-state index is 11.8. The highest BCUT2D eigenvalue weighted by Gasteiger charge is 2.03.